The predicted molar refractivity (Wildman–Crippen MR) is 139 cm³/mol. The Morgan fingerprint density at radius 2 is 2.14 bits per heavy atom. The van der Waals surface area contributed by atoms with Gasteiger partial charge in [-0.3, -0.25) is 9.69 Å². The van der Waals surface area contributed by atoms with Crippen LogP contribution in [0.2, 0.25) is 0 Å². The molecular formula is C29H38FN3O4. The monoisotopic (exact) mass is 511 g/mol. The summed E-state index contributed by atoms with van der Waals surface area (Å²) >= 11 is 0. The largest absolute Gasteiger partial charge is 0.480 e. The Balaban J connectivity index is 1.13. The lowest BCUT2D eigenvalue weighted by molar-refractivity contribution is -0.143. The molecule has 3 aliphatic heterocycles. The maximum Gasteiger partial charge on any atom is 0.325 e. The van der Waals surface area contributed by atoms with E-state index < -0.39 is 12.0 Å². The molecule has 2 aromatic rings. The number of hydrogen-bond donors (Lipinski definition) is 2. The fourth-order valence-electron chi connectivity index (χ4n) is 5.84. The van der Waals surface area contributed by atoms with Gasteiger partial charge in [0.1, 0.15) is 17.7 Å². The van der Waals surface area contributed by atoms with E-state index in [1.807, 2.05) is 4.90 Å². The maximum atomic E-state index is 14.1. The van der Waals surface area contributed by atoms with Crippen LogP contribution in [0.15, 0.2) is 30.3 Å². The van der Waals surface area contributed by atoms with Gasteiger partial charge in [0.15, 0.2) is 0 Å². The minimum absolute atomic E-state index is 0.00254. The molecule has 0 saturated carbocycles. The number of anilines is 1. The zero-order valence-electron chi connectivity index (χ0n) is 21.5. The van der Waals surface area contributed by atoms with Gasteiger partial charge in [-0.2, -0.15) is 0 Å². The second kappa shape index (κ2) is 12.3. The highest BCUT2D eigenvalue weighted by Crippen LogP contribution is 2.36. The van der Waals surface area contributed by atoms with Gasteiger partial charge < -0.3 is 19.9 Å². The van der Waals surface area contributed by atoms with Crippen molar-refractivity contribution < 1.29 is 23.8 Å². The van der Waals surface area contributed by atoms with E-state index in [2.05, 4.69) is 17.4 Å². The molecule has 3 atom stereocenters. The number of carboxylic acid groups (broad SMARTS) is 1. The number of ether oxygens (including phenoxy) is 2. The van der Waals surface area contributed by atoms with Gasteiger partial charge in [0.05, 0.1) is 12.2 Å². The topological polar surface area (TPSA) is 83.9 Å². The number of carbonyl (C=O) groups is 1. The SMILES string of the molecule is O=C(O)C(c1ccc(F)cc1C1CCCCO1)N1CCC(OCCCCc2ccc3c(n2)NCCC3)C1. The first-order chi connectivity index (χ1) is 18.1. The van der Waals surface area contributed by atoms with Crippen molar-refractivity contribution in [1.82, 2.24) is 9.88 Å². The lowest BCUT2D eigenvalue weighted by Crippen LogP contribution is -2.34. The third kappa shape index (κ3) is 6.48. The number of aromatic nitrogens is 1. The predicted octanol–water partition coefficient (Wildman–Crippen LogP) is 5.06. The summed E-state index contributed by atoms with van der Waals surface area (Å²) in [5.74, 6) is -0.240. The smallest absolute Gasteiger partial charge is 0.325 e. The second-order valence-corrected chi connectivity index (χ2v) is 10.4. The van der Waals surface area contributed by atoms with Crippen LogP contribution in [-0.2, 0) is 27.1 Å². The van der Waals surface area contributed by atoms with Crippen molar-refractivity contribution in [2.45, 2.75) is 76.0 Å². The summed E-state index contributed by atoms with van der Waals surface area (Å²) in [5.41, 5.74) is 3.72. The highest BCUT2D eigenvalue weighted by molar-refractivity contribution is 5.76. The number of likely N-dealkylation sites (tertiary alicyclic amines) is 1. The summed E-state index contributed by atoms with van der Waals surface area (Å²) in [7, 11) is 0. The molecule has 37 heavy (non-hydrogen) atoms. The van der Waals surface area contributed by atoms with Crippen molar-refractivity contribution in [3.8, 4) is 0 Å². The van der Waals surface area contributed by atoms with Crippen LogP contribution in [0.25, 0.3) is 0 Å². The van der Waals surface area contributed by atoms with Gasteiger partial charge in [-0.05, 0) is 92.7 Å². The first-order valence-electron chi connectivity index (χ1n) is 13.8. The molecule has 3 unspecified atom stereocenters. The molecule has 4 heterocycles. The first kappa shape index (κ1) is 26.1. The van der Waals surface area contributed by atoms with Crippen molar-refractivity contribution in [1.29, 1.82) is 0 Å². The van der Waals surface area contributed by atoms with E-state index in [0.717, 1.165) is 75.8 Å². The number of aryl methyl sites for hydroxylation is 2. The summed E-state index contributed by atoms with van der Waals surface area (Å²) in [5, 5.41) is 13.6. The van der Waals surface area contributed by atoms with E-state index in [1.165, 1.54) is 17.7 Å². The molecule has 0 amide bonds. The summed E-state index contributed by atoms with van der Waals surface area (Å²) in [4.78, 5) is 19.1. The van der Waals surface area contributed by atoms with Gasteiger partial charge in [0.25, 0.3) is 0 Å². The zero-order valence-corrected chi connectivity index (χ0v) is 21.5. The quantitative estimate of drug-likeness (QED) is 0.432. The van der Waals surface area contributed by atoms with Crippen molar-refractivity contribution in [3.05, 3.63) is 58.5 Å². The third-order valence-corrected chi connectivity index (χ3v) is 7.78. The van der Waals surface area contributed by atoms with Crippen LogP contribution in [0.4, 0.5) is 10.2 Å². The molecular weight excluding hydrogens is 473 g/mol. The van der Waals surface area contributed by atoms with Crippen molar-refractivity contribution in [2.75, 3.05) is 38.2 Å². The zero-order chi connectivity index (χ0) is 25.6. The molecule has 1 aromatic heterocycles. The Morgan fingerprint density at radius 1 is 1.22 bits per heavy atom. The molecule has 8 heteroatoms. The molecule has 3 aliphatic rings. The number of unbranched alkanes of at least 4 members (excludes halogenated alkanes) is 1. The molecule has 0 radical (unpaired) electrons. The van der Waals surface area contributed by atoms with Gasteiger partial charge in [-0.25, -0.2) is 9.37 Å². The molecule has 2 N–H and O–H groups in total. The minimum atomic E-state index is -0.920. The number of nitrogens with zero attached hydrogens (tertiary/aromatic N) is 2. The normalized spacial score (nSPS) is 22.8. The number of rotatable bonds is 10. The van der Waals surface area contributed by atoms with E-state index in [1.54, 1.807) is 6.07 Å². The first-order valence-corrected chi connectivity index (χ1v) is 13.8. The second-order valence-electron chi connectivity index (χ2n) is 10.4. The maximum absolute atomic E-state index is 14.1. The molecule has 2 saturated heterocycles. The van der Waals surface area contributed by atoms with Crippen molar-refractivity contribution >= 4 is 11.8 Å². The Bertz CT molecular complexity index is 1080. The Hall–Kier alpha value is -2.55. The van der Waals surface area contributed by atoms with Gasteiger partial charge >= 0.3 is 5.97 Å². The molecule has 0 aliphatic carbocycles. The average molecular weight is 512 g/mol. The average Bonchev–Trinajstić information content (AvgIpc) is 3.38. The van der Waals surface area contributed by atoms with Crippen molar-refractivity contribution in [2.24, 2.45) is 0 Å². The third-order valence-electron chi connectivity index (χ3n) is 7.78. The summed E-state index contributed by atoms with van der Waals surface area (Å²) in [6.07, 6.45) is 8.43. The van der Waals surface area contributed by atoms with E-state index in [9.17, 15) is 14.3 Å². The van der Waals surface area contributed by atoms with Crippen LogP contribution in [0, 0.1) is 5.82 Å². The van der Waals surface area contributed by atoms with Crippen LogP contribution in [0.5, 0.6) is 0 Å². The Kier molecular flexibility index (Phi) is 8.69. The number of benzene rings is 1. The van der Waals surface area contributed by atoms with Gasteiger partial charge in [-0.15, -0.1) is 0 Å². The van der Waals surface area contributed by atoms with E-state index in [-0.39, 0.29) is 18.0 Å². The van der Waals surface area contributed by atoms with Crippen LogP contribution >= 0.6 is 0 Å². The lowest BCUT2D eigenvalue weighted by atomic mass is 9.92. The van der Waals surface area contributed by atoms with Crippen LogP contribution in [0.3, 0.4) is 0 Å². The van der Waals surface area contributed by atoms with Crippen LogP contribution in [0.1, 0.15) is 79.5 Å². The van der Waals surface area contributed by atoms with Gasteiger partial charge in [0.2, 0.25) is 0 Å². The van der Waals surface area contributed by atoms with Crippen LogP contribution in [-0.4, -0.2) is 59.9 Å². The van der Waals surface area contributed by atoms with Gasteiger partial charge in [-0.1, -0.05) is 12.1 Å². The number of pyridine rings is 1. The highest BCUT2D eigenvalue weighted by Gasteiger charge is 2.36. The fraction of sp³-hybridized carbons (Fsp3) is 0.586. The van der Waals surface area contributed by atoms with E-state index in [4.69, 9.17) is 14.5 Å². The molecule has 7 nitrogen and oxygen atoms in total. The number of nitrogens with one attached hydrogen (secondary N) is 1. The number of halogens is 1. The number of hydrogen-bond acceptors (Lipinski definition) is 6. The fourth-order valence-corrected chi connectivity index (χ4v) is 5.84. The van der Waals surface area contributed by atoms with Crippen molar-refractivity contribution in [3.63, 3.8) is 0 Å². The summed E-state index contributed by atoms with van der Waals surface area (Å²) in [6, 6.07) is 7.93. The minimum Gasteiger partial charge on any atom is -0.480 e. The number of carboxylic acids is 1. The highest BCUT2D eigenvalue weighted by atomic mass is 19.1. The molecule has 200 valence electrons. The summed E-state index contributed by atoms with van der Waals surface area (Å²) < 4.78 is 26.2. The lowest BCUT2D eigenvalue weighted by Gasteiger charge is -2.30. The number of fused-ring (bicyclic) bond motifs is 1. The van der Waals surface area contributed by atoms with E-state index in [0.29, 0.717) is 37.4 Å². The van der Waals surface area contributed by atoms with E-state index >= 15 is 0 Å². The standard InChI is InChI=1S/C29H38FN3O4/c30-21-10-12-24(25(18-21)26-8-2-4-17-37-26)27(29(34)35)33-15-13-23(19-33)36-16-3-1-7-22-11-9-20-6-5-14-31-28(20)32-22/h9-12,18,23,26-27H,1-8,13-17,19H2,(H,31,32)(H,34,35). The van der Waals surface area contributed by atoms with Crippen LogP contribution < -0.4 is 5.32 Å². The summed E-state index contributed by atoms with van der Waals surface area (Å²) in [6.45, 7) is 3.46. The molecule has 0 bridgehead atoms. The van der Waals surface area contributed by atoms with Gasteiger partial charge in [0, 0.05) is 38.5 Å². The molecule has 0 spiro atoms. The molecule has 2 fully saturated rings. The molecule has 5 rings (SSSR count). The number of aliphatic carboxylic acids is 1. The Morgan fingerprint density at radius 3 is 2.97 bits per heavy atom. The molecule has 1 aromatic carbocycles. The Labute approximate surface area is 218 Å².